The molecule has 2 aliphatic rings. The molecular weight excluding hydrogens is 512 g/mol. The van der Waals surface area contributed by atoms with Crippen LogP contribution in [0.2, 0.25) is 0 Å². The number of rotatable bonds is 20. The van der Waals surface area contributed by atoms with Crippen LogP contribution in [0.3, 0.4) is 0 Å². The second kappa shape index (κ2) is 19.6. The topological polar surface area (TPSA) is 179 Å². The first kappa shape index (κ1) is 34.8. The molecule has 232 valence electrons. The summed E-state index contributed by atoms with van der Waals surface area (Å²) in [7, 11) is 0. The predicted molar refractivity (Wildman–Crippen MR) is 143 cm³/mol. The molecule has 0 aromatic carbocycles. The minimum atomic E-state index is -1.69. The molecule has 0 amide bonds. The minimum Gasteiger partial charge on any atom is -0.394 e. The second-order valence-electron chi connectivity index (χ2n) is 11.0. The van der Waals surface area contributed by atoms with Crippen molar-refractivity contribution in [2.75, 3.05) is 19.8 Å². The Morgan fingerprint density at radius 1 is 0.513 bits per heavy atom. The monoisotopic (exact) mass is 566 g/mol. The van der Waals surface area contributed by atoms with E-state index in [1.54, 1.807) is 0 Å². The van der Waals surface area contributed by atoms with Crippen LogP contribution in [0.25, 0.3) is 0 Å². The lowest BCUT2D eigenvalue weighted by atomic mass is 9.97. The van der Waals surface area contributed by atoms with Crippen LogP contribution >= 0.6 is 0 Å². The molecule has 2 fully saturated rings. The summed E-state index contributed by atoms with van der Waals surface area (Å²) < 4.78 is 22.1. The van der Waals surface area contributed by atoms with Crippen LogP contribution in [-0.4, -0.2) is 117 Å². The van der Waals surface area contributed by atoms with Gasteiger partial charge in [-0.05, 0) is 6.42 Å². The molecule has 39 heavy (non-hydrogen) atoms. The summed E-state index contributed by atoms with van der Waals surface area (Å²) in [6, 6.07) is 0. The highest BCUT2D eigenvalue weighted by Gasteiger charge is 2.50. The molecule has 2 rings (SSSR count). The van der Waals surface area contributed by atoms with E-state index in [1.807, 2.05) is 0 Å². The van der Waals surface area contributed by atoms with Crippen LogP contribution in [0.1, 0.15) is 96.8 Å². The summed E-state index contributed by atoms with van der Waals surface area (Å²) in [5.41, 5.74) is 0. The van der Waals surface area contributed by atoms with Crippen LogP contribution < -0.4 is 0 Å². The Morgan fingerprint density at radius 3 is 1.49 bits per heavy atom. The highest BCUT2D eigenvalue weighted by Crippen LogP contribution is 2.29. The number of aliphatic hydroxyl groups excluding tert-OH is 7. The summed E-state index contributed by atoms with van der Waals surface area (Å²) in [5.74, 6) is 0. The highest BCUT2D eigenvalue weighted by molar-refractivity contribution is 4.94. The zero-order chi connectivity index (χ0) is 28.6. The van der Waals surface area contributed by atoms with E-state index in [0.717, 1.165) is 19.3 Å². The fraction of sp³-hybridized carbons (Fsp3) is 1.00. The van der Waals surface area contributed by atoms with Crippen LogP contribution in [0.4, 0.5) is 0 Å². The first-order valence-electron chi connectivity index (χ1n) is 15.1. The van der Waals surface area contributed by atoms with Crippen molar-refractivity contribution in [1.82, 2.24) is 0 Å². The maximum absolute atomic E-state index is 10.6. The standard InChI is InChI=1S/C28H54O11/c1-2-3-4-5-6-7-8-9-10-11-12-13-14-15-16-36-27-25(35)23(33)26(20(18-30)38-27)39-28-24(34)22(32)21(31)19(17-29)37-28/h19-35H,2-18H2,1H3/t19-,20-,21+,22+,23-,24+,25+,26+,27+,28+/m0/s1. The molecule has 0 saturated carbocycles. The summed E-state index contributed by atoms with van der Waals surface area (Å²) in [4.78, 5) is 0. The summed E-state index contributed by atoms with van der Waals surface area (Å²) in [5, 5.41) is 70.4. The van der Waals surface area contributed by atoms with Crippen molar-refractivity contribution < 1.29 is 54.7 Å². The van der Waals surface area contributed by atoms with E-state index in [-0.39, 0.29) is 0 Å². The Kier molecular flexibility index (Phi) is 17.5. The van der Waals surface area contributed by atoms with E-state index in [4.69, 9.17) is 18.9 Å². The van der Waals surface area contributed by atoms with Gasteiger partial charge in [-0.1, -0.05) is 90.4 Å². The van der Waals surface area contributed by atoms with Gasteiger partial charge < -0.3 is 54.7 Å². The van der Waals surface area contributed by atoms with Crippen molar-refractivity contribution in [1.29, 1.82) is 0 Å². The van der Waals surface area contributed by atoms with Gasteiger partial charge in [-0.3, -0.25) is 0 Å². The first-order chi connectivity index (χ1) is 18.8. The molecule has 0 aromatic rings. The quantitative estimate of drug-likeness (QED) is 0.105. The molecule has 7 N–H and O–H groups in total. The Balaban J connectivity index is 1.62. The highest BCUT2D eigenvalue weighted by atomic mass is 16.7. The maximum Gasteiger partial charge on any atom is 0.187 e. The summed E-state index contributed by atoms with van der Waals surface area (Å²) >= 11 is 0. The van der Waals surface area contributed by atoms with Gasteiger partial charge in [-0.25, -0.2) is 0 Å². The molecule has 2 heterocycles. The molecule has 0 aliphatic carbocycles. The van der Waals surface area contributed by atoms with Crippen molar-refractivity contribution >= 4 is 0 Å². The summed E-state index contributed by atoms with van der Waals surface area (Å²) in [6.07, 6.45) is 2.97. The van der Waals surface area contributed by atoms with Gasteiger partial charge in [-0.15, -0.1) is 0 Å². The average molecular weight is 567 g/mol. The van der Waals surface area contributed by atoms with E-state index in [1.165, 1.54) is 70.6 Å². The average Bonchev–Trinajstić information content (AvgIpc) is 2.94. The van der Waals surface area contributed by atoms with Crippen LogP contribution in [0.15, 0.2) is 0 Å². The zero-order valence-electron chi connectivity index (χ0n) is 23.6. The molecule has 10 atom stereocenters. The zero-order valence-corrected chi connectivity index (χ0v) is 23.6. The van der Waals surface area contributed by atoms with Crippen molar-refractivity contribution in [3.8, 4) is 0 Å². The third kappa shape index (κ3) is 11.4. The van der Waals surface area contributed by atoms with Crippen LogP contribution in [-0.2, 0) is 18.9 Å². The molecule has 0 bridgehead atoms. The lowest BCUT2D eigenvalue weighted by molar-refractivity contribution is -0.359. The van der Waals surface area contributed by atoms with Gasteiger partial charge in [-0.2, -0.15) is 0 Å². The maximum atomic E-state index is 10.6. The molecule has 11 nitrogen and oxygen atoms in total. The van der Waals surface area contributed by atoms with Crippen molar-refractivity contribution in [3.63, 3.8) is 0 Å². The molecule has 0 unspecified atom stereocenters. The van der Waals surface area contributed by atoms with Gasteiger partial charge in [0.2, 0.25) is 0 Å². The number of hydrogen-bond acceptors (Lipinski definition) is 11. The predicted octanol–water partition coefficient (Wildman–Crippen LogP) is 1.11. The van der Waals surface area contributed by atoms with Gasteiger partial charge in [0, 0.05) is 6.61 Å². The smallest absolute Gasteiger partial charge is 0.187 e. The molecule has 11 heteroatoms. The fourth-order valence-electron chi connectivity index (χ4n) is 5.19. The van der Waals surface area contributed by atoms with E-state index >= 15 is 0 Å². The molecule has 0 radical (unpaired) electrons. The SMILES string of the molecule is CCCCCCCCCCCCCCCCO[C@@H]1O[C@@H](CO)[C@@H](O[C@H]2O[C@@H](CO)[C@@H](O)[C@@H](O)[C@H]2O)[C@@H](O)[C@H]1O. The minimum absolute atomic E-state index is 0.322. The molecule has 2 saturated heterocycles. The van der Waals surface area contributed by atoms with E-state index in [0.29, 0.717) is 6.61 Å². The van der Waals surface area contributed by atoms with E-state index in [9.17, 15) is 35.7 Å². The molecular formula is C28H54O11. The van der Waals surface area contributed by atoms with E-state index in [2.05, 4.69) is 6.92 Å². The van der Waals surface area contributed by atoms with Crippen molar-refractivity contribution in [2.24, 2.45) is 0 Å². The second-order valence-corrected chi connectivity index (χ2v) is 11.0. The van der Waals surface area contributed by atoms with Gasteiger partial charge in [0.15, 0.2) is 12.6 Å². The lowest BCUT2D eigenvalue weighted by Crippen LogP contribution is -2.64. The number of aliphatic hydroxyl groups is 7. The van der Waals surface area contributed by atoms with Crippen molar-refractivity contribution in [2.45, 2.75) is 158 Å². The fourth-order valence-corrected chi connectivity index (χ4v) is 5.19. The Bertz CT molecular complexity index is 608. The number of unbranched alkanes of at least 4 members (excludes halogenated alkanes) is 13. The van der Waals surface area contributed by atoms with Gasteiger partial charge in [0.05, 0.1) is 13.2 Å². The lowest BCUT2D eigenvalue weighted by Gasteiger charge is -2.45. The summed E-state index contributed by atoms with van der Waals surface area (Å²) in [6.45, 7) is 1.34. The van der Waals surface area contributed by atoms with Crippen molar-refractivity contribution in [3.05, 3.63) is 0 Å². The molecule has 0 aromatic heterocycles. The van der Waals surface area contributed by atoms with Crippen LogP contribution in [0.5, 0.6) is 0 Å². The normalized spacial score (nSPS) is 35.4. The molecule has 0 spiro atoms. The Morgan fingerprint density at radius 2 is 0.974 bits per heavy atom. The number of ether oxygens (including phenoxy) is 4. The van der Waals surface area contributed by atoms with Gasteiger partial charge >= 0.3 is 0 Å². The van der Waals surface area contributed by atoms with Gasteiger partial charge in [0.25, 0.3) is 0 Å². The van der Waals surface area contributed by atoms with Gasteiger partial charge in [0.1, 0.15) is 48.8 Å². The number of hydrogen-bond donors (Lipinski definition) is 7. The molecule has 2 aliphatic heterocycles. The van der Waals surface area contributed by atoms with Crippen LogP contribution in [0, 0.1) is 0 Å². The first-order valence-corrected chi connectivity index (χ1v) is 15.1. The Hall–Kier alpha value is -0.440. The third-order valence-electron chi connectivity index (χ3n) is 7.74. The Labute approximate surface area is 233 Å². The third-order valence-corrected chi connectivity index (χ3v) is 7.74. The van der Waals surface area contributed by atoms with E-state index < -0.39 is 74.6 Å². The largest absolute Gasteiger partial charge is 0.394 e.